The predicted octanol–water partition coefficient (Wildman–Crippen LogP) is 3.86. The van der Waals surface area contributed by atoms with Crippen LogP contribution >= 0.6 is 35.0 Å². The second-order valence-electron chi connectivity index (χ2n) is 2.17. The minimum atomic E-state index is 0.749. The highest BCUT2D eigenvalue weighted by atomic mass is 35.5. The molecule has 0 amide bonds. The van der Waals surface area contributed by atoms with Gasteiger partial charge >= 0.3 is 0 Å². The Morgan fingerprint density at radius 1 is 1.36 bits per heavy atom. The molecule has 1 aromatic rings. The van der Waals surface area contributed by atoms with E-state index in [0.717, 1.165) is 21.4 Å². The van der Waals surface area contributed by atoms with E-state index in [1.807, 2.05) is 18.4 Å². The van der Waals surface area contributed by atoms with Crippen molar-refractivity contribution in [2.75, 3.05) is 6.26 Å². The molecule has 0 heterocycles. The molecule has 60 valence electrons. The van der Waals surface area contributed by atoms with E-state index < -0.39 is 0 Å². The SMILES string of the molecule is CSCc1cc(Cl)ccc1Cl. The Labute approximate surface area is 80.9 Å². The van der Waals surface area contributed by atoms with Gasteiger partial charge in [0.15, 0.2) is 0 Å². The molecule has 0 N–H and O–H groups in total. The third-order valence-electron chi connectivity index (χ3n) is 1.31. The van der Waals surface area contributed by atoms with Gasteiger partial charge in [0.1, 0.15) is 0 Å². The highest BCUT2D eigenvalue weighted by Gasteiger charge is 1.99. The van der Waals surface area contributed by atoms with Crippen LogP contribution in [0.15, 0.2) is 18.2 Å². The molecule has 0 aliphatic carbocycles. The number of hydrogen-bond donors (Lipinski definition) is 0. The molecule has 11 heavy (non-hydrogen) atoms. The van der Waals surface area contributed by atoms with Gasteiger partial charge in [0.05, 0.1) is 0 Å². The molecule has 0 atom stereocenters. The lowest BCUT2D eigenvalue weighted by molar-refractivity contribution is 1.42. The third-order valence-corrected chi connectivity index (χ3v) is 2.51. The normalized spacial score (nSPS) is 10.1. The van der Waals surface area contributed by atoms with E-state index >= 15 is 0 Å². The van der Waals surface area contributed by atoms with Crippen LogP contribution in [0, 0.1) is 0 Å². The Hall–Kier alpha value is 0.150. The van der Waals surface area contributed by atoms with Crippen LogP contribution in [0.5, 0.6) is 0 Å². The summed E-state index contributed by atoms with van der Waals surface area (Å²) in [7, 11) is 0. The van der Waals surface area contributed by atoms with Crippen LogP contribution in [0.4, 0.5) is 0 Å². The maximum absolute atomic E-state index is 5.90. The second kappa shape index (κ2) is 4.24. The average Bonchev–Trinajstić information content (AvgIpc) is 1.98. The van der Waals surface area contributed by atoms with E-state index in [1.165, 1.54) is 0 Å². The fraction of sp³-hybridized carbons (Fsp3) is 0.250. The number of benzene rings is 1. The molecular weight excluding hydrogens is 199 g/mol. The number of thioether (sulfide) groups is 1. The predicted molar refractivity (Wildman–Crippen MR) is 53.7 cm³/mol. The van der Waals surface area contributed by atoms with Crippen LogP contribution in [0.25, 0.3) is 0 Å². The first kappa shape index (κ1) is 9.24. The molecule has 1 aromatic carbocycles. The van der Waals surface area contributed by atoms with Crippen molar-refractivity contribution in [1.82, 2.24) is 0 Å². The molecule has 0 fully saturated rings. The molecule has 0 aromatic heterocycles. The van der Waals surface area contributed by atoms with E-state index in [2.05, 4.69) is 0 Å². The van der Waals surface area contributed by atoms with E-state index in [9.17, 15) is 0 Å². The summed E-state index contributed by atoms with van der Waals surface area (Å²) in [5, 5.41) is 1.54. The first-order valence-electron chi connectivity index (χ1n) is 3.17. The molecule has 0 aliphatic heterocycles. The molecule has 0 bridgehead atoms. The molecule has 3 heteroatoms. The fourth-order valence-corrected chi connectivity index (χ4v) is 1.82. The molecule has 0 spiro atoms. The van der Waals surface area contributed by atoms with Crippen LogP contribution in [-0.2, 0) is 5.75 Å². The Balaban J connectivity index is 2.93. The zero-order valence-electron chi connectivity index (χ0n) is 6.10. The van der Waals surface area contributed by atoms with Crippen molar-refractivity contribution < 1.29 is 0 Å². The first-order valence-corrected chi connectivity index (χ1v) is 5.32. The Morgan fingerprint density at radius 2 is 2.09 bits per heavy atom. The van der Waals surface area contributed by atoms with Gasteiger partial charge in [0, 0.05) is 15.8 Å². The molecule has 0 saturated heterocycles. The maximum Gasteiger partial charge on any atom is 0.0447 e. The van der Waals surface area contributed by atoms with Crippen LogP contribution in [-0.4, -0.2) is 6.26 Å². The van der Waals surface area contributed by atoms with Gasteiger partial charge in [-0.2, -0.15) is 11.8 Å². The Morgan fingerprint density at radius 3 is 2.73 bits per heavy atom. The maximum atomic E-state index is 5.90. The quantitative estimate of drug-likeness (QED) is 0.709. The van der Waals surface area contributed by atoms with Crippen LogP contribution in [0.1, 0.15) is 5.56 Å². The summed E-state index contributed by atoms with van der Waals surface area (Å²) in [5.41, 5.74) is 1.10. The number of rotatable bonds is 2. The highest BCUT2D eigenvalue weighted by molar-refractivity contribution is 7.97. The summed E-state index contributed by atoms with van der Waals surface area (Å²) in [4.78, 5) is 0. The monoisotopic (exact) mass is 206 g/mol. The van der Waals surface area contributed by atoms with Crippen molar-refractivity contribution in [3.8, 4) is 0 Å². The molecular formula is C8H8Cl2S. The summed E-state index contributed by atoms with van der Waals surface area (Å²) in [6.45, 7) is 0. The average molecular weight is 207 g/mol. The molecule has 0 saturated carbocycles. The van der Waals surface area contributed by atoms with E-state index in [1.54, 1.807) is 17.8 Å². The summed E-state index contributed by atoms with van der Waals surface area (Å²) in [6, 6.07) is 5.53. The van der Waals surface area contributed by atoms with Crippen LogP contribution in [0.2, 0.25) is 10.0 Å². The number of halogens is 2. The second-order valence-corrected chi connectivity index (χ2v) is 3.88. The van der Waals surface area contributed by atoms with Crippen molar-refractivity contribution in [3.05, 3.63) is 33.8 Å². The van der Waals surface area contributed by atoms with Crippen LogP contribution in [0.3, 0.4) is 0 Å². The molecule has 0 aliphatic rings. The summed E-state index contributed by atoms with van der Waals surface area (Å²) >= 11 is 13.4. The molecule has 1 rings (SSSR count). The molecule has 0 unspecified atom stereocenters. The zero-order valence-corrected chi connectivity index (χ0v) is 8.43. The van der Waals surface area contributed by atoms with Crippen molar-refractivity contribution in [2.45, 2.75) is 5.75 Å². The summed E-state index contributed by atoms with van der Waals surface area (Å²) in [5.74, 6) is 0.916. The van der Waals surface area contributed by atoms with E-state index in [-0.39, 0.29) is 0 Å². The Bertz CT molecular complexity index is 248. The lowest BCUT2D eigenvalue weighted by atomic mass is 10.2. The van der Waals surface area contributed by atoms with E-state index in [0.29, 0.717) is 0 Å². The third kappa shape index (κ3) is 2.58. The van der Waals surface area contributed by atoms with Gasteiger partial charge in [-0.05, 0) is 30.0 Å². The summed E-state index contributed by atoms with van der Waals surface area (Å²) < 4.78 is 0. The van der Waals surface area contributed by atoms with Gasteiger partial charge in [-0.3, -0.25) is 0 Å². The van der Waals surface area contributed by atoms with Gasteiger partial charge in [-0.1, -0.05) is 23.2 Å². The minimum absolute atomic E-state index is 0.749. The standard InChI is InChI=1S/C8H8Cl2S/c1-11-5-6-4-7(9)2-3-8(6)10/h2-4H,5H2,1H3. The number of hydrogen-bond acceptors (Lipinski definition) is 1. The van der Waals surface area contributed by atoms with Crippen molar-refractivity contribution in [2.24, 2.45) is 0 Å². The van der Waals surface area contributed by atoms with Gasteiger partial charge in [-0.15, -0.1) is 0 Å². The topological polar surface area (TPSA) is 0 Å². The first-order chi connectivity index (χ1) is 5.24. The van der Waals surface area contributed by atoms with Gasteiger partial charge in [-0.25, -0.2) is 0 Å². The van der Waals surface area contributed by atoms with Gasteiger partial charge in [0.25, 0.3) is 0 Å². The smallest absolute Gasteiger partial charge is 0.0447 e. The lowest BCUT2D eigenvalue weighted by Crippen LogP contribution is -1.80. The van der Waals surface area contributed by atoms with Gasteiger partial charge < -0.3 is 0 Å². The van der Waals surface area contributed by atoms with Crippen molar-refractivity contribution >= 4 is 35.0 Å². The lowest BCUT2D eigenvalue weighted by Gasteiger charge is -2.01. The van der Waals surface area contributed by atoms with E-state index in [4.69, 9.17) is 23.2 Å². The molecule has 0 radical (unpaired) electrons. The largest absolute Gasteiger partial charge is 0.161 e. The minimum Gasteiger partial charge on any atom is -0.161 e. The fourth-order valence-electron chi connectivity index (χ4n) is 0.809. The highest BCUT2D eigenvalue weighted by Crippen LogP contribution is 2.23. The van der Waals surface area contributed by atoms with Crippen LogP contribution < -0.4 is 0 Å². The Kier molecular flexibility index (Phi) is 3.57. The van der Waals surface area contributed by atoms with Gasteiger partial charge in [0.2, 0.25) is 0 Å². The summed E-state index contributed by atoms with van der Waals surface area (Å²) in [6.07, 6.45) is 2.04. The zero-order chi connectivity index (χ0) is 8.27. The molecule has 0 nitrogen and oxygen atoms in total. The van der Waals surface area contributed by atoms with Crippen molar-refractivity contribution in [3.63, 3.8) is 0 Å². The van der Waals surface area contributed by atoms with Crippen molar-refractivity contribution in [1.29, 1.82) is 0 Å².